The van der Waals surface area contributed by atoms with Gasteiger partial charge in [0.1, 0.15) is 17.0 Å². The number of nitrogens with zero attached hydrogens (tertiary/aromatic N) is 2. The largest absolute Gasteiger partial charge is 0.444 e. The van der Waals surface area contributed by atoms with Crippen LogP contribution in [-0.4, -0.2) is 32.9 Å². The highest BCUT2D eigenvalue weighted by atomic mass is 127. The highest BCUT2D eigenvalue weighted by Gasteiger charge is 2.30. The first kappa shape index (κ1) is 26.5. The number of carbonyl (C=O) groups excluding carboxylic acids is 2. The molecule has 7 nitrogen and oxygen atoms in total. The van der Waals surface area contributed by atoms with Crippen molar-refractivity contribution in [1.82, 2.24) is 14.9 Å². The van der Waals surface area contributed by atoms with Crippen LogP contribution < -0.4 is 5.32 Å². The summed E-state index contributed by atoms with van der Waals surface area (Å²) < 4.78 is 14.6. The molecule has 9 heteroatoms. The molecule has 0 radical (unpaired) electrons. The van der Waals surface area contributed by atoms with Crippen molar-refractivity contribution < 1.29 is 19.1 Å². The van der Waals surface area contributed by atoms with Crippen LogP contribution in [0.5, 0.6) is 0 Å². The molecule has 0 bridgehead atoms. The van der Waals surface area contributed by atoms with Gasteiger partial charge in [-0.05, 0) is 110 Å². The lowest BCUT2D eigenvalue weighted by Gasteiger charge is -2.25. The molecular formula is C25H29BrIN3O4. The number of carbonyl (C=O) groups is 2. The van der Waals surface area contributed by atoms with Crippen LogP contribution >= 0.6 is 38.5 Å². The van der Waals surface area contributed by atoms with Crippen molar-refractivity contribution in [2.24, 2.45) is 0 Å². The van der Waals surface area contributed by atoms with Gasteiger partial charge in [-0.1, -0.05) is 18.2 Å². The van der Waals surface area contributed by atoms with Crippen LogP contribution in [0.4, 0.5) is 9.59 Å². The molecule has 2 aromatic carbocycles. The average Bonchev–Trinajstić information content (AvgIpc) is 3.07. The normalized spacial score (nSPS) is 12.9. The summed E-state index contributed by atoms with van der Waals surface area (Å²) in [5.74, 6) is 0.371. The van der Waals surface area contributed by atoms with E-state index >= 15 is 0 Å². The molecule has 3 rings (SSSR count). The number of para-hydroxylation sites is 2. The molecule has 0 saturated heterocycles. The molecule has 0 unspecified atom stereocenters. The third-order valence-corrected chi connectivity index (χ3v) is 6.93. The Balaban J connectivity index is 2.10. The summed E-state index contributed by atoms with van der Waals surface area (Å²) in [6, 6.07) is 12.6. The molecule has 3 aromatic rings. The van der Waals surface area contributed by atoms with Crippen molar-refractivity contribution in [2.75, 3.05) is 0 Å². The zero-order valence-electron chi connectivity index (χ0n) is 20.1. The maximum Gasteiger partial charge on any atom is 0.420 e. The topological polar surface area (TPSA) is 82.5 Å². The fourth-order valence-electron chi connectivity index (χ4n) is 3.34. The van der Waals surface area contributed by atoms with E-state index in [1.165, 1.54) is 4.57 Å². The predicted molar refractivity (Wildman–Crippen MR) is 144 cm³/mol. The van der Waals surface area contributed by atoms with Gasteiger partial charge in [-0.3, -0.25) is 0 Å². The molecule has 1 N–H and O–H groups in total. The summed E-state index contributed by atoms with van der Waals surface area (Å²) in [5.41, 5.74) is 0.812. The van der Waals surface area contributed by atoms with Gasteiger partial charge >= 0.3 is 12.2 Å². The lowest BCUT2D eigenvalue weighted by atomic mass is 10.1. The van der Waals surface area contributed by atoms with E-state index in [1.54, 1.807) is 20.8 Å². The lowest BCUT2D eigenvalue weighted by Crippen LogP contribution is -2.38. The Labute approximate surface area is 221 Å². The van der Waals surface area contributed by atoms with Gasteiger partial charge in [0.2, 0.25) is 0 Å². The van der Waals surface area contributed by atoms with Gasteiger partial charge in [-0.2, -0.15) is 0 Å². The molecule has 0 aliphatic heterocycles. The summed E-state index contributed by atoms with van der Waals surface area (Å²) >= 11 is 5.81. The van der Waals surface area contributed by atoms with E-state index in [0.29, 0.717) is 23.3 Å². The van der Waals surface area contributed by atoms with E-state index in [1.807, 2.05) is 63.2 Å². The van der Waals surface area contributed by atoms with Crippen molar-refractivity contribution in [1.29, 1.82) is 0 Å². The van der Waals surface area contributed by atoms with Crippen LogP contribution in [0.3, 0.4) is 0 Å². The van der Waals surface area contributed by atoms with Crippen LogP contribution in [-0.2, 0) is 15.9 Å². The number of rotatable bonds is 4. The number of hydrogen-bond acceptors (Lipinski definition) is 5. The van der Waals surface area contributed by atoms with E-state index in [0.717, 1.165) is 13.6 Å². The number of halogens is 2. The standard InChI is InChI=1S/C25H29BrIN3O4/c1-24(2,3)33-22(31)29-19(14-15-11-12-17(27)16(26)13-15)21-28-18-9-7-8-10-20(18)30(21)23(32)34-25(4,5)6/h7-13,19H,14H2,1-6H3,(H,29,31)/t19-/m0/s1. The van der Waals surface area contributed by atoms with Gasteiger partial charge in [0, 0.05) is 14.5 Å². The zero-order valence-corrected chi connectivity index (χ0v) is 23.9. The third-order valence-electron chi connectivity index (χ3n) is 4.59. The van der Waals surface area contributed by atoms with E-state index < -0.39 is 29.4 Å². The van der Waals surface area contributed by atoms with Crippen molar-refractivity contribution in [2.45, 2.75) is 65.2 Å². The number of ether oxygens (including phenoxy) is 2. The van der Waals surface area contributed by atoms with Gasteiger partial charge < -0.3 is 14.8 Å². The summed E-state index contributed by atoms with van der Waals surface area (Å²) in [7, 11) is 0. The highest BCUT2D eigenvalue weighted by molar-refractivity contribution is 14.1. The number of hydrogen-bond donors (Lipinski definition) is 1. The van der Waals surface area contributed by atoms with E-state index in [9.17, 15) is 9.59 Å². The Morgan fingerprint density at radius 2 is 1.71 bits per heavy atom. The molecule has 0 aliphatic rings. The Hall–Kier alpha value is -2.14. The molecule has 0 saturated carbocycles. The SMILES string of the molecule is CC(C)(C)OC(=O)N[C@@H](Cc1ccc(I)c(Br)c1)c1nc2ccccc2n1C(=O)OC(C)(C)C. The molecular weight excluding hydrogens is 613 g/mol. The van der Waals surface area contributed by atoms with E-state index in [2.05, 4.69) is 43.8 Å². The Morgan fingerprint density at radius 1 is 1.06 bits per heavy atom. The van der Waals surface area contributed by atoms with Crippen LogP contribution in [0.1, 0.15) is 59.0 Å². The van der Waals surface area contributed by atoms with E-state index in [-0.39, 0.29) is 0 Å². The monoisotopic (exact) mass is 641 g/mol. The van der Waals surface area contributed by atoms with Gasteiger partial charge in [0.05, 0.1) is 17.1 Å². The minimum Gasteiger partial charge on any atom is -0.444 e. The van der Waals surface area contributed by atoms with Gasteiger partial charge in [0.15, 0.2) is 0 Å². The smallest absolute Gasteiger partial charge is 0.420 e. The first-order chi connectivity index (χ1) is 15.7. The summed E-state index contributed by atoms with van der Waals surface area (Å²) in [4.78, 5) is 30.8. The summed E-state index contributed by atoms with van der Waals surface area (Å²) in [6.07, 6.45) is -0.762. The molecule has 34 heavy (non-hydrogen) atoms. The first-order valence-corrected chi connectivity index (χ1v) is 12.7. The predicted octanol–water partition coefficient (Wildman–Crippen LogP) is 7.00. The number of nitrogens with one attached hydrogen (secondary N) is 1. The van der Waals surface area contributed by atoms with Crippen molar-refractivity contribution >= 4 is 61.7 Å². The zero-order chi connectivity index (χ0) is 25.3. The molecule has 0 aliphatic carbocycles. The van der Waals surface area contributed by atoms with Crippen LogP contribution in [0.15, 0.2) is 46.9 Å². The molecule has 1 heterocycles. The molecule has 0 fully saturated rings. The van der Waals surface area contributed by atoms with Crippen molar-refractivity contribution in [3.05, 3.63) is 61.9 Å². The highest BCUT2D eigenvalue weighted by Crippen LogP contribution is 2.28. The first-order valence-electron chi connectivity index (χ1n) is 10.9. The quantitative estimate of drug-likeness (QED) is 0.310. The van der Waals surface area contributed by atoms with Gasteiger partial charge in [-0.25, -0.2) is 19.1 Å². The number of benzene rings is 2. The summed E-state index contributed by atoms with van der Waals surface area (Å²) in [6.45, 7) is 10.8. The van der Waals surface area contributed by atoms with Gasteiger partial charge in [0.25, 0.3) is 0 Å². The van der Waals surface area contributed by atoms with Gasteiger partial charge in [-0.15, -0.1) is 0 Å². The van der Waals surface area contributed by atoms with Crippen molar-refractivity contribution in [3.63, 3.8) is 0 Å². The lowest BCUT2D eigenvalue weighted by molar-refractivity contribution is 0.0475. The van der Waals surface area contributed by atoms with Crippen LogP contribution in [0.2, 0.25) is 0 Å². The Bertz CT molecular complexity index is 1210. The van der Waals surface area contributed by atoms with Crippen LogP contribution in [0, 0.1) is 3.57 Å². The molecule has 0 spiro atoms. The second-order valence-corrected chi connectivity index (χ2v) is 11.9. The second kappa shape index (κ2) is 10.2. The Kier molecular flexibility index (Phi) is 7.96. The number of fused-ring (bicyclic) bond motifs is 1. The van der Waals surface area contributed by atoms with E-state index in [4.69, 9.17) is 14.5 Å². The second-order valence-electron chi connectivity index (χ2n) is 9.93. The fourth-order valence-corrected chi connectivity index (χ4v) is 4.10. The maximum atomic E-state index is 13.3. The average molecular weight is 642 g/mol. The third kappa shape index (κ3) is 6.94. The molecule has 1 atom stereocenters. The van der Waals surface area contributed by atoms with Crippen LogP contribution in [0.25, 0.3) is 11.0 Å². The molecule has 1 aromatic heterocycles. The number of imidazole rings is 1. The molecule has 1 amide bonds. The number of alkyl carbamates (subject to hydrolysis) is 1. The Morgan fingerprint density at radius 3 is 2.32 bits per heavy atom. The number of aromatic nitrogens is 2. The maximum absolute atomic E-state index is 13.3. The minimum atomic E-state index is -0.700. The molecule has 182 valence electrons. The fraction of sp³-hybridized carbons (Fsp3) is 0.400. The number of amides is 1. The minimum absolute atomic E-state index is 0.371. The summed E-state index contributed by atoms with van der Waals surface area (Å²) in [5, 5.41) is 2.92. The van der Waals surface area contributed by atoms with Crippen molar-refractivity contribution in [3.8, 4) is 0 Å².